The van der Waals surface area contributed by atoms with Gasteiger partial charge in [0.1, 0.15) is 0 Å². The molecule has 25 heavy (non-hydrogen) atoms. The van der Waals surface area contributed by atoms with E-state index in [1.165, 1.54) is 0 Å². The zero-order valence-corrected chi connectivity index (χ0v) is 13.5. The molecule has 0 aliphatic carbocycles. The number of anilines is 1. The van der Waals surface area contributed by atoms with Gasteiger partial charge >= 0.3 is 0 Å². The van der Waals surface area contributed by atoms with Crippen LogP contribution in [-0.2, 0) is 9.59 Å². The van der Waals surface area contributed by atoms with E-state index in [-0.39, 0.29) is 24.7 Å². The fourth-order valence-corrected chi connectivity index (χ4v) is 2.40. The number of aromatic amines is 1. The lowest BCUT2D eigenvalue weighted by Gasteiger charge is -2.04. The number of carbonyl (C=O) groups excluding carboxylic acids is 2. The van der Waals surface area contributed by atoms with E-state index in [0.29, 0.717) is 5.69 Å². The molecular formula is C19H18N4O2. The molecular weight excluding hydrogens is 316 g/mol. The summed E-state index contributed by atoms with van der Waals surface area (Å²) in [6, 6.07) is 17.0. The Morgan fingerprint density at radius 1 is 0.960 bits per heavy atom. The van der Waals surface area contributed by atoms with Crippen molar-refractivity contribution in [2.24, 2.45) is 5.10 Å². The second kappa shape index (κ2) is 7.92. The molecule has 0 unspecified atom stereocenters. The van der Waals surface area contributed by atoms with Gasteiger partial charge in [-0.2, -0.15) is 5.10 Å². The maximum Gasteiger partial charge on any atom is 0.240 e. The van der Waals surface area contributed by atoms with Crippen LogP contribution in [0.4, 0.5) is 5.69 Å². The van der Waals surface area contributed by atoms with E-state index in [1.807, 2.05) is 48.7 Å². The highest BCUT2D eigenvalue weighted by atomic mass is 16.2. The number of carbonyl (C=O) groups is 2. The van der Waals surface area contributed by atoms with Crippen LogP contribution in [-0.4, -0.2) is 23.0 Å². The molecule has 6 heteroatoms. The molecule has 0 atom stereocenters. The molecule has 0 spiro atoms. The smallest absolute Gasteiger partial charge is 0.240 e. The minimum Gasteiger partial charge on any atom is -0.361 e. The largest absolute Gasteiger partial charge is 0.361 e. The molecule has 3 rings (SSSR count). The number of H-pyrrole nitrogens is 1. The molecule has 0 bridgehead atoms. The summed E-state index contributed by atoms with van der Waals surface area (Å²) < 4.78 is 0. The van der Waals surface area contributed by atoms with Crippen molar-refractivity contribution < 1.29 is 9.59 Å². The maximum absolute atomic E-state index is 11.8. The van der Waals surface area contributed by atoms with Crippen LogP contribution in [0, 0.1) is 0 Å². The molecule has 1 aromatic heterocycles. The fraction of sp³-hybridized carbons (Fsp3) is 0.105. The lowest BCUT2D eigenvalue weighted by atomic mass is 10.2. The number of fused-ring (bicyclic) bond motifs is 1. The SMILES string of the molecule is O=C(CCC(=O)Nc1ccccc1)N/N=C/c1c[nH]c2ccccc12. The quantitative estimate of drug-likeness (QED) is 0.478. The van der Waals surface area contributed by atoms with Crippen molar-refractivity contribution in [2.75, 3.05) is 5.32 Å². The Labute approximate surface area is 144 Å². The van der Waals surface area contributed by atoms with Gasteiger partial charge in [0.25, 0.3) is 0 Å². The molecule has 0 saturated carbocycles. The van der Waals surface area contributed by atoms with Crippen LogP contribution in [0.15, 0.2) is 65.9 Å². The Kier molecular flexibility index (Phi) is 5.21. The van der Waals surface area contributed by atoms with Gasteiger partial charge in [0.15, 0.2) is 0 Å². The Balaban J connectivity index is 1.45. The third-order valence-corrected chi connectivity index (χ3v) is 3.65. The number of hydrogen-bond donors (Lipinski definition) is 3. The average Bonchev–Trinajstić information content (AvgIpc) is 3.04. The topological polar surface area (TPSA) is 86.3 Å². The van der Waals surface area contributed by atoms with Crippen molar-refractivity contribution in [3.05, 3.63) is 66.4 Å². The van der Waals surface area contributed by atoms with E-state index in [2.05, 4.69) is 20.8 Å². The third-order valence-electron chi connectivity index (χ3n) is 3.65. The number of rotatable bonds is 6. The molecule has 0 fully saturated rings. The Hall–Kier alpha value is -3.41. The summed E-state index contributed by atoms with van der Waals surface area (Å²) in [5.41, 5.74) is 5.05. The van der Waals surface area contributed by atoms with E-state index < -0.39 is 0 Å². The van der Waals surface area contributed by atoms with E-state index in [9.17, 15) is 9.59 Å². The van der Waals surface area contributed by atoms with E-state index in [0.717, 1.165) is 16.5 Å². The number of benzene rings is 2. The summed E-state index contributed by atoms with van der Waals surface area (Å²) >= 11 is 0. The van der Waals surface area contributed by atoms with Crippen LogP contribution in [0.3, 0.4) is 0 Å². The molecule has 0 aliphatic heterocycles. The Morgan fingerprint density at radius 2 is 1.68 bits per heavy atom. The van der Waals surface area contributed by atoms with Crippen LogP contribution in [0.1, 0.15) is 18.4 Å². The molecule has 2 aromatic carbocycles. The fourth-order valence-electron chi connectivity index (χ4n) is 2.40. The second-order valence-electron chi connectivity index (χ2n) is 5.50. The maximum atomic E-state index is 11.8. The first kappa shape index (κ1) is 16.4. The van der Waals surface area contributed by atoms with Crippen LogP contribution in [0.25, 0.3) is 10.9 Å². The summed E-state index contributed by atoms with van der Waals surface area (Å²) in [4.78, 5) is 26.7. The van der Waals surface area contributed by atoms with E-state index in [1.54, 1.807) is 18.3 Å². The van der Waals surface area contributed by atoms with Gasteiger partial charge in [-0.3, -0.25) is 9.59 Å². The number of para-hydroxylation sites is 2. The summed E-state index contributed by atoms with van der Waals surface area (Å²) in [7, 11) is 0. The highest BCUT2D eigenvalue weighted by molar-refractivity contribution is 5.99. The lowest BCUT2D eigenvalue weighted by molar-refractivity contribution is -0.124. The minimum absolute atomic E-state index is 0.0733. The minimum atomic E-state index is -0.306. The molecule has 0 saturated heterocycles. The van der Waals surface area contributed by atoms with Crippen molar-refractivity contribution in [2.45, 2.75) is 12.8 Å². The van der Waals surface area contributed by atoms with Crippen molar-refractivity contribution in [3.63, 3.8) is 0 Å². The number of hydrazone groups is 1. The van der Waals surface area contributed by atoms with Crippen LogP contribution >= 0.6 is 0 Å². The van der Waals surface area contributed by atoms with E-state index in [4.69, 9.17) is 0 Å². The Bertz CT molecular complexity index is 900. The van der Waals surface area contributed by atoms with Gasteiger partial charge in [0.05, 0.1) is 6.21 Å². The highest BCUT2D eigenvalue weighted by Crippen LogP contribution is 2.15. The monoisotopic (exact) mass is 334 g/mol. The molecule has 0 aliphatic rings. The second-order valence-corrected chi connectivity index (χ2v) is 5.50. The molecule has 3 aromatic rings. The predicted molar refractivity (Wildman–Crippen MR) is 98.3 cm³/mol. The van der Waals surface area contributed by atoms with Crippen LogP contribution < -0.4 is 10.7 Å². The normalized spacial score (nSPS) is 10.9. The lowest BCUT2D eigenvalue weighted by Crippen LogP contribution is -2.20. The third kappa shape index (κ3) is 4.54. The standard InChI is InChI=1S/C19H18N4O2/c24-18(22-15-6-2-1-3-7-15)10-11-19(25)23-21-13-14-12-20-17-9-5-4-8-16(14)17/h1-9,12-13,20H,10-11H2,(H,22,24)(H,23,25)/b21-13+. The summed E-state index contributed by atoms with van der Waals surface area (Å²) in [5.74, 6) is -0.513. The van der Waals surface area contributed by atoms with Gasteiger partial charge in [0, 0.05) is 41.2 Å². The predicted octanol–water partition coefficient (Wildman–Crippen LogP) is 3.04. The molecule has 1 heterocycles. The molecule has 126 valence electrons. The van der Waals surface area contributed by atoms with Crippen LogP contribution in [0.2, 0.25) is 0 Å². The van der Waals surface area contributed by atoms with Crippen molar-refractivity contribution in [3.8, 4) is 0 Å². The zero-order chi connectivity index (χ0) is 17.5. The number of aromatic nitrogens is 1. The number of nitrogens with one attached hydrogen (secondary N) is 3. The van der Waals surface area contributed by atoms with Crippen molar-refractivity contribution in [1.29, 1.82) is 0 Å². The number of hydrogen-bond acceptors (Lipinski definition) is 3. The summed E-state index contributed by atoms with van der Waals surface area (Å²) in [6.07, 6.45) is 3.58. The van der Waals surface area contributed by atoms with Crippen LogP contribution in [0.5, 0.6) is 0 Å². The molecule has 3 N–H and O–H groups in total. The number of amides is 2. The van der Waals surface area contributed by atoms with Gasteiger partial charge < -0.3 is 10.3 Å². The first-order chi connectivity index (χ1) is 12.2. The molecule has 0 radical (unpaired) electrons. The first-order valence-electron chi connectivity index (χ1n) is 7.95. The van der Waals surface area contributed by atoms with Crippen molar-refractivity contribution in [1.82, 2.24) is 10.4 Å². The van der Waals surface area contributed by atoms with Gasteiger partial charge in [-0.15, -0.1) is 0 Å². The summed E-state index contributed by atoms with van der Waals surface area (Å²) in [6.45, 7) is 0. The molecule has 6 nitrogen and oxygen atoms in total. The van der Waals surface area contributed by atoms with Crippen molar-refractivity contribution >= 4 is 34.6 Å². The Morgan fingerprint density at radius 3 is 2.52 bits per heavy atom. The first-order valence-corrected chi connectivity index (χ1v) is 7.95. The van der Waals surface area contributed by atoms with E-state index >= 15 is 0 Å². The zero-order valence-electron chi connectivity index (χ0n) is 13.5. The van der Waals surface area contributed by atoms with Gasteiger partial charge in [-0.25, -0.2) is 5.43 Å². The summed E-state index contributed by atoms with van der Waals surface area (Å²) in [5, 5.41) is 7.71. The van der Waals surface area contributed by atoms with Gasteiger partial charge in [0.2, 0.25) is 11.8 Å². The van der Waals surface area contributed by atoms with Gasteiger partial charge in [-0.1, -0.05) is 36.4 Å². The van der Waals surface area contributed by atoms with Gasteiger partial charge in [-0.05, 0) is 18.2 Å². The number of nitrogens with zero attached hydrogens (tertiary/aromatic N) is 1. The molecule has 2 amide bonds. The average molecular weight is 334 g/mol. The highest BCUT2D eigenvalue weighted by Gasteiger charge is 2.06.